The number of rotatable bonds is 1. The molecule has 0 amide bonds. The number of halogens is 3. The number of nitrogens with zero attached hydrogens (tertiary/aromatic N) is 1. The van der Waals surface area contributed by atoms with Gasteiger partial charge in [-0.25, -0.2) is 0 Å². The summed E-state index contributed by atoms with van der Waals surface area (Å²) in [4.78, 5) is 0. The van der Waals surface area contributed by atoms with Crippen LogP contribution < -0.4 is 11.2 Å². The summed E-state index contributed by atoms with van der Waals surface area (Å²) in [7, 11) is 0. The van der Waals surface area contributed by atoms with E-state index in [0.29, 0.717) is 0 Å². The van der Waals surface area contributed by atoms with Crippen molar-refractivity contribution >= 4 is 5.84 Å². The molecule has 82 valence electrons. The van der Waals surface area contributed by atoms with Crippen LogP contribution in [0.5, 0.6) is 0 Å². The highest BCUT2D eigenvalue weighted by atomic mass is 19.4. The van der Waals surface area contributed by atoms with Gasteiger partial charge in [-0.05, 0) is 12.2 Å². The van der Waals surface area contributed by atoms with Crippen LogP contribution in [0.2, 0.25) is 0 Å². The van der Waals surface area contributed by atoms with Gasteiger partial charge < -0.3 is 15.9 Å². The zero-order valence-corrected chi connectivity index (χ0v) is 7.45. The maximum atomic E-state index is 11.9. The lowest BCUT2D eigenvalue weighted by atomic mass is 9.95. The first-order valence-electron chi connectivity index (χ1n) is 4.20. The predicted octanol–water partition coefficient (Wildman–Crippen LogP) is 0.837. The summed E-state index contributed by atoms with van der Waals surface area (Å²) >= 11 is 0. The Morgan fingerprint density at radius 1 is 1.47 bits per heavy atom. The van der Waals surface area contributed by atoms with E-state index < -0.39 is 6.36 Å². The van der Waals surface area contributed by atoms with E-state index in [0.717, 1.165) is 0 Å². The van der Waals surface area contributed by atoms with E-state index in [1.807, 2.05) is 0 Å². The van der Waals surface area contributed by atoms with Crippen molar-refractivity contribution in [3.05, 3.63) is 24.0 Å². The summed E-state index contributed by atoms with van der Waals surface area (Å²) in [6.07, 6.45) is -0.594. The molecular formula is C8H8F3N3O. The van der Waals surface area contributed by atoms with Crippen molar-refractivity contribution < 1.29 is 17.9 Å². The minimum atomic E-state index is -4.68. The summed E-state index contributed by atoms with van der Waals surface area (Å²) in [5, 5.41) is 3.72. The lowest BCUT2D eigenvalue weighted by Gasteiger charge is -2.19. The molecule has 0 radical (unpaired) electrons. The smallest absolute Gasteiger partial charge is 0.406 e. The first-order valence-corrected chi connectivity index (χ1v) is 4.20. The summed E-state index contributed by atoms with van der Waals surface area (Å²) in [5.41, 5.74) is 8.17. The second-order valence-electron chi connectivity index (χ2n) is 3.19. The Labute approximate surface area is 83.3 Å². The molecule has 0 unspecified atom stereocenters. The van der Waals surface area contributed by atoms with Gasteiger partial charge >= 0.3 is 6.36 Å². The van der Waals surface area contributed by atoms with Gasteiger partial charge in [0.15, 0.2) is 0 Å². The van der Waals surface area contributed by atoms with Gasteiger partial charge in [-0.1, -0.05) is 6.08 Å². The molecule has 1 aliphatic carbocycles. The third-order valence-corrected chi connectivity index (χ3v) is 2.12. The van der Waals surface area contributed by atoms with Crippen LogP contribution in [0.15, 0.2) is 29.1 Å². The van der Waals surface area contributed by atoms with Gasteiger partial charge in [0.05, 0.1) is 12.0 Å². The SMILES string of the molecule is NC1=NN[C@@H]2C=CC(OC(F)(F)F)=C[C@@H]12. The van der Waals surface area contributed by atoms with Crippen molar-refractivity contribution in [2.75, 3.05) is 0 Å². The maximum absolute atomic E-state index is 11.9. The predicted molar refractivity (Wildman–Crippen MR) is 46.4 cm³/mol. The molecular weight excluding hydrogens is 211 g/mol. The molecule has 15 heavy (non-hydrogen) atoms. The average molecular weight is 219 g/mol. The fraction of sp³-hybridized carbons (Fsp3) is 0.375. The van der Waals surface area contributed by atoms with Crippen LogP contribution in [0, 0.1) is 5.92 Å². The van der Waals surface area contributed by atoms with Gasteiger partial charge in [0, 0.05) is 0 Å². The Kier molecular flexibility index (Phi) is 2.09. The number of hydrazone groups is 1. The van der Waals surface area contributed by atoms with E-state index in [1.54, 1.807) is 0 Å². The topological polar surface area (TPSA) is 59.6 Å². The average Bonchev–Trinajstić information content (AvgIpc) is 2.45. The molecule has 4 nitrogen and oxygen atoms in total. The Morgan fingerprint density at radius 2 is 2.20 bits per heavy atom. The van der Waals surface area contributed by atoms with Crippen molar-refractivity contribution in [2.24, 2.45) is 16.8 Å². The second-order valence-corrected chi connectivity index (χ2v) is 3.19. The second kappa shape index (κ2) is 3.18. The van der Waals surface area contributed by atoms with Gasteiger partial charge in [0.25, 0.3) is 0 Å². The van der Waals surface area contributed by atoms with E-state index in [1.165, 1.54) is 18.2 Å². The number of nitrogens with one attached hydrogen (secondary N) is 1. The Balaban J connectivity index is 2.13. The fourth-order valence-corrected chi connectivity index (χ4v) is 1.47. The third kappa shape index (κ3) is 2.05. The summed E-state index contributed by atoms with van der Waals surface area (Å²) in [6, 6.07) is -0.175. The van der Waals surface area contributed by atoms with Crippen LogP contribution in [-0.2, 0) is 4.74 Å². The standard InChI is InChI=1S/C8H8F3N3O/c9-8(10,11)15-4-1-2-6-5(3-4)7(12)14-13-6/h1-3,5-6,13H,(H2,12,14)/t5-,6-/m1/s1. The van der Waals surface area contributed by atoms with Gasteiger partial charge in [-0.2, -0.15) is 5.10 Å². The molecule has 0 aromatic heterocycles. The largest absolute Gasteiger partial charge is 0.573 e. The Morgan fingerprint density at radius 3 is 2.87 bits per heavy atom. The van der Waals surface area contributed by atoms with Crippen molar-refractivity contribution in [1.82, 2.24) is 5.43 Å². The highest BCUT2D eigenvalue weighted by Crippen LogP contribution is 2.27. The molecule has 0 aromatic rings. The highest BCUT2D eigenvalue weighted by Gasteiger charge is 2.35. The molecule has 0 saturated heterocycles. The highest BCUT2D eigenvalue weighted by molar-refractivity contribution is 5.87. The lowest BCUT2D eigenvalue weighted by Crippen LogP contribution is -2.31. The van der Waals surface area contributed by atoms with Crippen LogP contribution in [-0.4, -0.2) is 18.2 Å². The van der Waals surface area contributed by atoms with Crippen molar-refractivity contribution in [3.63, 3.8) is 0 Å². The molecule has 0 aromatic carbocycles. The molecule has 0 bridgehead atoms. The number of hydrogen-bond acceptors (Lipinski definition) is 4. The van der Waals surface area contributed by atoms with E-state index in [2.05, 4.69) is 15.3 Å². The summed E-state index contributed by atoms with van der Waals surface area (Å²) in [5.74, 6) is -0.370. The van der Waals surface area contributed by atoms with Crippen LogP contribution in [0.25, 0.3) is 0 Å². The van der Waals surface area contributed by atoms with Gasteiger partial charge in [0.2, 0.25) is 0 Å². The zero-order valence-electron chi connectivity index (χ0n) is 7.45. The Bertz CT molecular complexity index is 359. The van der Waals surface area contributed by atoms with E-state index in [-0.39, 0.29) is 23.6 Å². The zero-order chi connectivity index (χ0) is 11.1. The van der Waals surface area contributed by atoms with E-state index in [9.17, 15) is 13.2 Å². The number of amidine groups is 1. The molecule has 7 heteroatoms. The van der Waals surface area contributed by atoms with Gasteiger partial charge in [0.1, 0.15) is 11.6 Å². The normalized spacial score (nSPS) is 29.0. The molecule has 3 N–H and O–H groups in total. The van der Waals surface area contributed by atoms with Crippen LogP contribution in [0.1, 0.15) is 0 Å². The molecule has 0 spiro atoms. The first-order chi connectivity index (χ1) is 6.96. The van der Waals surface area contributed by atoms with Crippen molar-refractivity contribution in [2.45, 2.75) is 12.4 Å². The molecule has 1 heterocycles. The number of nitrogens with two attached hydrogens (primary N) is 1. The molecule has 2 atom stereocenters. The number of hydrogen-bond donors (Lipinski definition) is 2. The summed E-state index contributed by atoms with van der Waals surface area (Å²) in [6.45, 7) is 0. The molecule has 2 aliphatic rings. The third-order valence-electron chi connectivity index (χ3n) is 2.12. The van der Waals surface area contributed by atoms with Crippen molar-refractivity contribution in [1.29, 1.82) is 0 Å². The first kappa shape index (κ1) is 9.88. The molecule has 2 rings (SSSR count). The van der Waals surface area contributed by atoms with E-state index in [4.69, 9.17) is 5.73 Å². The molecule has 0 saturated carbocycles. The minimum absolute atomic E-state index is 0.175. The van der Waals surface area contributed by atoms with Gasteiger partial charge in [-0.3, -0.25) is 0 Å². The van der Waals surface area contributed by atoms with Crippen molar-refractivity contribution in [3.8, 4) is 0 Å². The maximum Gasteiger partial charge on any atom is 0.573 e. The van der Waals surface area contributed by atoms with Crippen LogP contribution in [0.4, 0.5) is 13.2 Å². The quantitative estimate of drug-likeness (QED) is 0.686. The Hall–Kier alpha value is -1.66. The number of alkyl halides is 3. The van der Waals surface area contributed by atoms with E-state index >= 15 is 0 Å². The molecule has 1 aliphatic heterocycles. The summed E-state index contributed by atoms with van der Waals surface area (Å²) < 4.78 is 39.5. The number of fused-ring (bicyclic) bond motifs is 1. The number of allylic oxidation sites excluding steroid dienone is 1. The lowest BCUT2D eigenvalue weighted by molar-refractivity contribution is -0.303. The van der Waals surface area contributed by atoms with Crippen LogP contribution >= 0.6 is 0 Å². The van der Waals surface area contributed by atoms with Gasteiger partial charge in [-0.15, -0.1) is 13.2 Å². The minimum Gasteiger partial charge on any atom is -0.406 e. The molecule has 0 fully saturated rings. The monoisotopic (exact) mass is 219 g/mol. The van der Waals surface area contributed by atoms with Crippen LogP contribution in [0.3, 0.4) is 0 Å². The fourth-order valence-electron chi connectivity index (χ4n) is 1.47. The number of ether oxygens (including phenoxy) is 1.